The smallest absolute Gasteiger partial charge is 0.296 e. The van der Waals surface area contributed by atoms with Gasteiger partial charge in [0.25, 0.3) is 5.56 Å². The van der Waals surface area contributed by atoms with E-state index in [-0.39, 0.29) is 31.4 Å². The van der Waals surface area contributed by atoms with Gasteiger partial charge in [-0.1, -0.05) is 12.0 Å². The molecule has 0 N–H and O–H groups in total. The quantitative estimate of drug-likeness (QED) is 0.556. The van der Waals surface area contributed by atoms with E-state index >= 15 is 0 Å². The fourth-order valence-corrected chi connectivity index (χ4v) is 3.40. The molecule has 1 aromatic carbocycles. The fourth-order valence-electron chi connectivity index (χ4n) is 3.40. The van der Waals surface area contributed by atoms with E-state index in [9.17, 15) is 18.0 Å². The number of pyridine rings is 1. The number of alkyl halides is 3. The van der Waals surface area contributed by atoms with Crippen LogP contribution in [0.5, 0.6) is 0 Å². The molecule has 1 atom stereocenters. The lowest BCUT2D eigenvalue weighted by Crippen LogP contribution is -2.26. The van der Waals surface area contributed by atoms with Crippen molar-refractivity contribution in [1.82, 2.24) is 14.5 Å². The summed E-state index contributed by atoms with van der Waals surface area (Å²) in [6.45, 7) is 0.0303. The number of halogens is 3. The van der Waals surface area contributed by atoms with Crippen molar-refractivity contribution in [3.63, 3.8) is 0 Å². The Kier molecular flexibility index (Phi) is 4.63. The molecule has 4 nitrogen and oxygen atoms in total. The van der Waals surface area contributed by atoms with Crippen LogP contribution >= 0.6 is 0 Å². The van der Waals surface area contributed by atoms with Gasteiger partial charge >= 0.3 is 6.18 Å². The number of aryl methyl sites for hydroxylation is 1. The van der Waals surface area contributed by atoms with Crippen LogP contribution in [0.25, 0.3) is 10.9 Å². The van der Waals surface area contributed by atoms with E-state index in [1.165, 1.54) is 4.57 Å². The van der Waals surface area contributed by atoms with E-state index in [4.69, 9.17) is 0 Å². The van der Waals surface area contributed by atoms with Crippen LogP contribution in [-0.2, 0) is 13.0 Å². The van der Waals surface area contributed by atoms with Gasteiger partial charge in [-0.3, -0.25) is 9.36 Å². The molecule has 142 valence electrons. The monoisotopic (exact) mass is 383 g/mol. The molecule has 7 heteroatoms. The van der Waals surface area contributed by atoms with Crippen molar-refractivity contribution in [2.45, 2.75) is 32.0 Å². The zero-order valence-electron chi connectivity index (χ0n) is 14.8. The van der Waals surface area contributed by atoms with Gasteiger partial charge in [-0.05, 0) is 49.1 Å². The van der Waals surface area contributed by atoms with Gasteiger partial charge in [-0.2, -0.15) is 13.2 Å². The second kappa shape index (κ2) is 7.12. The Labute approximate surface area is 159 Å². The molecule has 28 heavy (non-hydrogen) atoms. The zero-order valence-corrected chi connectivity index (χ0v) is 14.8. The maximum absolute atomic E-state index is 13.1. The van der Waals surface area contributed by atoms with E-state index < -0.39 is 12.1 Å². The maximum Gasteiger partial charge on any atom is 0.391 e. The highest BCUT2D eigenvalue weighted by molar-refractivity contribution is 5.79. The van der Waals surface area contributed by atoms with Gasteiger partial charge in [0.15, 0.2) is 0 Å². The Bertz CT molecular complexity index is 1140. The summed E-state index contributed by atoms with van der Waals surface area (Å²) < 4.78 is 40.6. The highest BCUT2D eigenvalue weighted by atomic mass is 19.4. The highest BCUT2D eigenvalue weighted by Gasteiger charge is 2.40. The fraction of sp³-hybridized carbons (Fsp3) is 0.286. The van der Waals surface area contributed by atoms with Crippen molar-refractivity contribution < 1.29 is 13.2 Å². The van der Waals surface area contributed by atoms with Crippen LogP contribution in [0.3, 0.4) is 0 Å². The molecule has 2 aromatic heterocycles. The summed E-state index contributed by atoms with van der Waals surface area (Å²) >= 11 is 0. The number of hydrogen-bond acceptors (Lipinski definition) is 3. The molecule has 0 bridgehead atoms. The Morgan fingerprint density at radius 2 is 1.96 bits per heavy atom. The third-order valence-corrected chi connectivity index (χ3v) is 4.91. The van der Waals surface area contributed by atoms with Crippen LogP contribution < -0.4 is 5.56 Å². The first-order valence-electron chi connectivity index (χ1n) is 8.95. The number of nitrogens with zero attached hydrogens (tertiary/aromatic N) is 3. The molecular formula is C21H16F3N3O. The Hall–Kier alpha value is -3.14. The van der Waals surface area contributed by atoms with Crippen molar-refractivity contribution in [2.75, 3.05) is 0 Å². The predicted octanol–water partition coefficient (Wildman–Crippen LogP) is 3.71. The lowest BCUT2D eigenvalue weighted by molar-refractivity contribution is -0.177. The van der Waals surface area contributed by atoms with Gasteiger partial charge in [-0.25, -0.2) is 9.97 Å². The predicted molar refractivity (Wildman–Crippen MR) is 98.7 cm³/mol. The summed E-state index contributed by atoms with van der Waals surface area (Å²) in [5, 5.41) is 0.387. The summed E-state index contributed by atoms with van der Waals surface area (Å²) in [7, 11) is 0. The minimum absolute atomic E-state index is 0.0303. The largest absolute Gasteiger partial charge is 0.391 e. The lowest BCUT2D eigenvalue weighted by atomic mass is 10.00. The van der Waals surface area contributed by atoms with Crippen molar-refractivity contribution in [3.8, 4) is 11.8 Å². The van der Waals surface area contributed by atoms with Gasteiger partial charge in [-0.15, -0.1) is 0 Å². The standard InChI is InChI=1S/C21H16F3N3O/c22-21(23,24)15-6-9-19-26-18-13-14(4-7-16-3-1-2-11-25-16)5-8-17(18)20(28)27(19)12-10-15/h1-3,5,8,11,13,15H,6,9-10,12H2/t15-/m1/s1. The van der Waals surface area contributed by atoms with Gasteiger partial charge < -0.3 is 0 Å². The van der Waals surface area contributed by atoms with Crippen molar-refractivity contribution >= 4 is 10.9 Å². The number of hydrogen-bond donors (Lipinski definition) is 0. The molecule has 0 radical (unpaired) electrons. The number of fused-ring (bicyclic) bond motifs is 2. The topological polar surface area (TPSA) is 47.8 Å². The molecule has 3 aromatic rings. The molecule has 0 unspecified atom stereocenters. The normalized spacial score (nSPS) is 16.8. The van der Waals surface area contributed by atoms with Crippen molar-refractivity contribution in [1.29, 1.82) is 0 Å². The summed E-state index contributed by atoms with van der Waals surface area (Å²) in [5.74, 6) is 4.92. The molecule has 0 spiro atoms. The van der Waals surface area contributed by atoms with Gasteiger partial charge in [0.05, 0.1) is 16.8 Å². The molecule has 0 saturated heterocycles. The second-order valence-corrected chi connectivity index (χ2v) is 6.75. The lowest BCUT2D eigenvalue weighted by Gasteiger charge is -2.16. The average molecular weight is 383 g/mol. The first kappa shape index (κ1) is 18.2. The first-order valence-corrected chi connectivity index (χ1v) is 8.95. The third kappa shape index (κ3) is 3.63. The molecule has 3 heterocycles. The van der Waals surface area contributed by atoms with E-state index in [0.717, 1.165) is 0 Å². The molecule has 0 fully saturated rings. The van der Waals surface area contributed by atoms with E-state index in [0.29, 0.717) is 28.0 Å². The van der Waals surface area contributed by atoms with Crippen LogP contribution in [0.2, 0.25) is 0 Å². The molecule has 0 amide bonds. The van der Waals surface area contributed by atoms with Gasteiger partial charge in [0, 0.05) is 24.7 Å². The number of aromatic nitrogens is 3. The van der Waals surface area contributed by atoms with Crippen LogP contribution in [-0.4, -0.2) is 20.7 Å². The summed E-state index contributed by atoms with van der Waals surface area (Å²) in [5.41, 5.74) is 1.44. The van der Waals surface area contributed by atoms with E-state index in [2.05, 4.69) is 21.8 Å². The number of benzene rings is 1. The van der Waals surface area contributed by atoms with Crippen LogP contribution in [0, 0.1) is 17.8 Å². The minimum atomic E-state index is -4.25. The Morgan fingerprint density at radius 1 is 1.11 bits per heavy atom. The van der Waals surface area contributed by atoms with Gasteiger partial charge in [0.2, 0.25) is 0 Å². The first-order chi connectivity index (χ1) is 13.4. The second-order valence-electron chi connectivity index (χ2n) is 6.75. The zero-order chi connectivity index (χ0) is 19.7. The molecule has 1 aliphatic rings. The van der Waals surface area contributed by atoms with Crippen molar-refractivity contribution in [2.24, 2.45) is 5.92 Å². The molecule has 0 aliphatic carbocycles. The third-order valence-electron chi connectivity index (χ3n) is 4.91. The molecule has 0 saturated carbocycles. The molecule has 4 rings (SSSR count). The van der Waals surface area contributed by atoms with Gasteiger partial charge in [0.1, 0.15) is 11.5 Å². The highest BCUT2D eigenvalue weighted by Crippen LogP contribution is 2.34. The van der Waals surface area contributed by atoms with Crippen LogP contribution in [0.15, 0.2) is 47.4 Å². The summed E-state index contributed by atoms with van der Waals surface area (Å²) in [6, 6.07) is 10.5. The van der Waals surface area contributed by atoms with Crippen molar-refractivity contribution in [3.05, 3.63) is 70.0 Å². The number of rotatable bonds is 0. The molecular weight excluding hydrogens is 367 g/mol. The Balaban J connectivity index is 1.71. The minimum Gasteiger partial charge on any atom is -0.296 e. The SMILES string of the molecule is O=c1c2ccc(C#Cc3ccccn3)cc2nc2n1CC[C@H](C(F)(F)F)CC2. The summed E-state index contributed by atoms with van der Waals surface area (Å²) in [6.07, 6.45) is -2.63. The molecule has 1 aliphatic heterocycles. The maximum atomic E-state index is 13.1. The average Bonchev–Trinajstić information content (AvgIpc) is 2.90. The van der Waals surface area contributed by atoms with Crippen LogP contribution in [0.1, 0.15) is 29.9 Å². The summed E-state index contributed by atoms with van der Waals surface area (Å²) in [4.78, 5) is 21.4. The van der Waals surface area contributed by atoms with Crippen LogP contribution in [0.4, 0.5) is 13.2 Å². The van der Waals surface area contributed by atoms with E-state index in [1.54, 1.807) is 36.5 Å². The van der Waals surface area contributed by atoms with E-state index in [1.807, 2.05) is 6.07 Å². The Morgan fingerprint density at radius 3 is 2.71 bits per heavy atom.